The van der Waals surface area contributed by atoms with Gasteiger partial charge in [0.15, 0.2) is 0 Å². The molecule has 2 N–H and O–H groups in total. The highest BCUT2D eigenvalue weighted by atomic mass is 16.5. The summed E-state index contributed by atoms with van der Waals surface area (Å²) in [5, 5.41) is 6.46. The lowest BCUT2D eigenvalue weighted by Crippen LogP contribution is -2.30. The Kier molecular flexibility index (Phi) is 3.78. The zero-order valence-corrected chi connectivity index (χ0v) is 11.2. The van der Waals surface area contributed by atoms with E-state index in [4.69, 9.17) is 9.26 Å². The van der Waals surface area contributed by atoms with Gasteiger partial charge < -0.3 is 19.6 Å². The first-order valence-corrected chi connectivity index (χ1v) is 6.60. The Hall–Kier alpha value is -2.48. The van der Waals surface area contributed by atoms with Gasteiger partial charge in [0, 0.05) is 12.8 Å². The monoisotopic (exact) mass is 290 g/mol. The Morgan fingerprint density at radius 3 is 3.19 bits per heavy atom. The maximum atomic E-state index is 11.8. The zero-order chi connectivity index (χ0) is 14.7. The second-order valence-electron chi connectivity index (χ2n) is 4.70. The summed E-state index contributed by atoms with van der Waals surface area (Å²) in [6.07, 6.45) is 2.25. The van der Waals surface area contributed by atoms with Crippen molar-refractivity contribution < 1.29 is 14.1 Å². The molecule has 8 heteroatoms. The molecule has 110 valence electrons. The Labute approximate surface area is 119 Å². The van der Waals surface area contributed by atoms with Crippen LogP contribution < -0.4 is 10.9 Å². The summed E-state index contributed by atoms with van der Waals surface area (Å²) in [6.45, 7) is 1.19. The molecule has 1 amide bonds. The predicted molar refractivity (Wildman–Crippen MR) is 71.1 cm³/mol. The van der Waals surface area contributed by atoms with Gasteiger partial charge in [-0.3, -0.25) is 9.59 Å². The van der Waals surface area contributed by atoms with Crippen molar-refractivity contribution in [3.05, 3.63) is 34.6 Å². The second-order valence-corrected chi connectivity index (χ2v) is 4.70. The van der Waals surface area contributed by atoms with Crippen molar-refractivity contribution >= 4 is 5.91 Å². The minimum Gasteiger partial charge on any atom is -0.381 e. The van der Waals surface area contributed by atoms with Crippen molar-refractivity contribution in [2.24, 2.45) is 5.92 Å². The van der Waals surface area contributed by atoms with E-state index in [1.54, 1.807) is 12.1 Å². The first-order chi connectivity index (χ1) is 10.2. The van der Waals surface area contributed by atoms with Crippen molar-refractivity contribution in [3.63, 3.8) is 0 Å². The third-order valence-corrected chi connectivity index (χ3v) is 3.24. The van der Waals surface area contributed by atoms with E-state index in [-0.39, 0.29) is 35.6 Å². The Balaban J connectivity index is 1.64. The number of hydrogen-bond acceptors (Lipinski definition) is 6. The average Bonchev–Trinajstić information content (AvgIpc) is 3.17. The van der Waals surface area contributed by atoms with E-state index in [0.717, 1.165) is 6.42 Å². The van der Waals surface area contributed by atoms with Crippen LogP contribution in [0.3, 0.4) is 0 Å². The van der Waals surface area contributed by atoms with Crippen molar-refractivity contribution in [1.29, 1.82) is 0 Å². The number of aromatic amines is 1. The number of hydrogen-bond donors (Lipinski definition) is 2. The Morgan fingerprint density at radius 2 is 2.43 bits per heavy atom. The lowest BCUT2D eigenvalue weighted by atomic mass is 10.1. The molecule has 0 bridgehead atoms. The number of aromatic nitrogens is 3. The Bertz CT molecular complexity index is 687. The number of amides is 1. The molecule has 2 aromatic rings. The summed E-state index contributed by atoms with van der Waals surface area (Å²) >= 11 is 0. The summed E-state index contributed by atoms with van der Waals surface area (Å²) in [5.74, 6) is 0.236. The van der Waals surface area contributed by atoms with Gasteiger partial charge in [0.25, 0.3) is 5.56 Å². The number of carbonyl (C=O) groups is 1. The number of carbonyl (C=O) groups excluding carboxylic acids is 1. The van der Waals surface area contributed by atoms with E-state index in [9.17, 15) is 9.59 Å². The van der Waals surface area contributed by atoms with Crippen molar-refractivity contribution in [1.82, 2.24) is 20.4 Å². The van der Waals surface area contributed by atoms with Gasteiger partial charge in [-0.1, -0.05) is 5.16 Å². The largest absolute Gasteiger partial charge is 0.381 e. The molecule has 21 heavy (non-hydrogen) atoms. The van der Waals surface area contributed by atoms with E-state index in [0.29, 0.717) is 18.8 Å². The molecule has 1 unspecified atom stereocenters. The van der Waals surface area contributed by atoms with Crippen molar-refractivity contribution in [2.45, 2.75) is 13.0 Å². The first kappa shape index (κ1) is 13.5. The number of nitrogens with one attached hydrogen (secondary N) is 2. The molecular formula is C13H14N4O4. The van der Waals surface area contributed by atoms with Crippen LogP contribution >= 0.6 is 0 Å². The summed E-state index contributed by atoms with van der Waals surface area (Å²) < 4.78 is 10.2. The van der Waals surface area contributed by atoms with Gasteiger partial charge in [-0.25, -0.2) is 0 Å². The van der Waals surface area contributed by atoms with E-state index >= 15 is 0 Å². The highest BCUT2D eigenvalue weighted by Gasteiger charge is 2.23. The van der Waals surface area contributed by atoms with Crippen LogP contribution in [0.1, 0.15) is 12.3 Å². The fraction of sp³-hybridized carbons (Fsp3) is 0.385. The number of nitrogens with zero attached hydrogens (tertiary/aromatic N) is 2. The van der Waals surface area contributed by atoms with Crippen LogP contribution in [0.15, 0.2) is 27.6 Å². The maximum Gasteiger partial charge on any atom is 0.259 e. The van der Waals surface area contributed by atoms with Crippen LogP contribution in [0, 0.1) is 5.92 Å². The second kappa shape index (κ2) is 5.88. The standard InChI is InChI=1S/C13H14N4O4/c18-12(8-3-5-20-7-8)15-6-10-16-11(17-21-10)9-2-1-4-14-13(9)19/h1-2,4,8H,3,5-7H2,(H,14,19)(H,15,18). The van der Waals surface area contributed by atoms with Gasteiger partial charge in [-0.15, -0.1) is 0 Å². The van der Waals surface area contributed by atoms with Gasteiger partial charge in [-0.05, 0) is 18.6 Å². The predicted octanol–water partition coefficient (Wildman–Crippen LogP) is 0.0776. The van der Waals surface area contributed by atoms with Crippen LogP contribution in [0.4, 0.5) is 0 Å². The molecule has 8 nitrogen and oxygen atoms in total. The SMILES string of the molecule is O=C(NCc1nc(-c2ccc[nH]c2=O)no1)C1CCOC1. The molecule has 3 rings (SSSR count). The summed E-state index contributed by atoms with van der Waals surface area (Å²) in [5.41, 5.74) is 0.0278. The van der Waals surface area contributed by atoms with Gasteiger partial charge in [0.1, 0.15) is 0 Å². The molecule has 0 spiro atoms. The first-order valence-electron chi connectivity index (χ1n) is 6.60. The number of ether oxygens (including phenoxy) is 1. The quantitative estimate of drug-likeness (QED) is 0.825. The molecule has 0 aromatic carbocycles. The van der Waals surface area contributed by atoms with Gasteiger partial charge in [0.2, 0.25) is 17.6 Å². The Morgan fingerprint density at radius 1 is 1.52 bits per heavy atom. The van der Waals surface area contributed by atoms with Crippen molar-refractivity contribution in [3.8, 4) is 11.4 Å². The van der Waals surface area contributed by atoms with E-state index in [2.05, 4.69) is 20.4 Å². The fourth-order valence-corrected chi connectivity index (χ4v) is 2.08. The highest BCUT2D eigenvalue weighted by molar-refractivity contribution is 5.78. The molecule has 3 heterocycles. The van der Waals surface area contributed by atoms with Gasteiger partial charge in [-0.2, -0.15) is 4.98 Å². The van der Waals surface area contributed by atoms with Crippen LogP contribution in [0.25, 0.3) is 11.4 Å². The van der Waals surface area contributed by atoms with E-state index < -0.39 is 0 Å². The number of H-pyrrole nitrogens is 1. The average molecular weight is 290 g/mol. The minimum absolute atomic E-state index is 0.0928. The van der Waals surface area contributed by atoms with Gasteiger partial charge >= 0.3 is 0 Å². The van der Waals surface area contributed by atoms with Crippen LogP contribution in [-0.2, 0) is 16.1 Å². The van der Waals surface area contributed by atoms with Gasteiger partial charge in [0.05, 0.1) is 24.6 Å². The molecule has 1 fully saturated rings. The maximum absolute atomic E-state index is 11.8. The molecular weight excluding hydrogens is 276 g/mol. The smallest absolute Gasteiger partial charge is 0.259 e. The normalized spacial score (nSPS) is 17.8. The molecule has 0 aliphatic carbocycles. The minimum atomic E-state index is -0.294. The molecule has 0 saturated carbocycles. The summed E-state index contributed by atoms with van der Waals surface area (Å²) in [7, 11) is 0. The van der Waals surface area contributed by atoms with Crippen molar-refractivity contribution in [2.75, 3.05) is 13.2 Å². The number of pyridine rings is 1. The molecule has 1 atom stereocenters. The highest BCUT2D eigenvalue weighted by Crippen LogP contribution is 2.13. The third kappa shape index (κ3) is 3.00. The van der Waals surface area contributed by atoms with Crippen LogP contribution in [0.2, 0.25) is 0 Å². The van der Waals surface area contributed by atoms with Crippen LogP contribution in [0.5, 0.6) is 0 Å². The fourth-order valence-electron chi connectivity index (χ4n) is 2.08. The summed E-state index contributed by atoms with van der Waals surface area (Å²) in [4.78, 5) is 30.1. The van der Waals surface area contributed by atoms with Crippen LogP contribution in [-0.4, -0.2) is 34.2 Å². The lowest BCUT2D eigenvalue weighted by Gasteiger charge is -2.06. The number of rotatable bonds is 4. The summed E-state index contributed by atoms with van der Waals surface area (Å²) in [6, 6.07) is 3.27. The molecule has 2 aromatic heterocycles. The molecule has 1 aliphatic rings. The topological polar surface area (TPSA) is 110 Å². The third-order valence-electron chi connectivity index (χ3n) is 3.24. The van der Waals surface area contributed by atoms with E-state index in [1.807, 2.05) is 0 Å². The molecule has 1 aliphatic heterocycles. The zero-order valence-electron chi connectivity index (χ0n) is 11.2. The lowest BCUT2D eigenvalue weighted by molar-refractivity contribution is -0.125. The molecule has 0 radical (unpaired) electrons. The molecule has 1 saturated heterocycles. The van der Waals surface area contributed by atoms with E-state index in [1.165, 1.54) is 6.20 Å².